The van der Waals surface area contributed by atoms with Crippen LogP contribution >= 0.6 is 11.3 Å². The van der Waals surface area contributed by atoms with Crippen molar-refractivity contribution in [2.75, 3.05) is 32.8 Å². The Balaban J connectivity index is 1.68. The van der Waals surface area contributed by atoms with E-state index >= 15 is 0 Å². The number of anilines is 1. The standard InChI is InChI=1S/C24H20N4O5S/c1-5-10-27-15-9-7-6-8-14(15)18(22(27)29)20-23(30)28-24(34-20)25-21(26-28)13-11-16(31-2)19(33-4)17(12-13)32-3/h5-9,11-12H,1,10H2,2-4H3/b20-18-. The Bertz CT molecular complexity index is 1550. The highest BCUT2D eigenvalue weighted by Crippen LogP contribution is 2.40. The smallest absolute Gasteiger partial charge is 0.291 e. The van der Waals surface area contributed by atoms with Gasteiger partial charge in [-0.2, -0.15) is 9.50 Å². The Kier molecular flexibility index (Phi) is 5.29. The van der Waals surface area contributed by atoms with Gasteiger partial charge in [0.25, 0.3) is 11.5 Å². The fraction of sp³-hybridized carbons (Fsp3) is 0.167. The molecular weight excluding hydrogens is 456 g/mol. The number of carbonyl (C=O) groups is 1. The van der Waals surface area contributed by atoms with E-state index < -0.39 is 5.56 Å². The summed E-state index contributed by atoms with van der Waals surface area (Å²) in [5, 5.41) is 4.41. The van der Waals surface area contributed by atoms with Crippen molar-refractivity contribution in [1.82, 2.24) is 14.6 Å². The Morgan fingerprint density at radius 2 is 1.76 bits per heavy atom. The summed E-state index contributed by atoms with van der Waals surface area (Å²) >= 11 is 1.13. The molecule has 0 atom stereocenters. The Labute approximate surface area is 198 Å². The lowest BCUT2D eigenvalue weighted by Crippen LogP contribution is -2.32. The van der Waals surface area contributed by atoms with E-state index in [2.05, 4.69) is 16.7 Å². The number of methoxy groups -OCH3 is 3. The van der Waals surface area contributed by atoms with Crippen molar-refractivity contribution in [3.8, 4) is 28.6 Å². The molecule has 0 fully saturated rings. The molecule has 3 heterocycles. The monoisotopic (exact) mass is 476 g/mol. The van der Waals surface area contributed by atoms with Crippen LogP contribution in [-0.4, -0.2) is 48.4 Å². The molecule has 10 heteroatoms. The first-order valence-electron chi connectivity index (χ1n) is 10.3. The van der Waals surface area contributed by atoms with Crippen molar-refractivity contribution in [2.45, 2.75) is 0 Å². The van der Waals surface area contributed by atoms with Gasteiger partial charge in [0.15, 0.2) is 17.3 Å². The minimum Gasteiger partial charge on any atom is -0.493 e. The summed E-state index contributed by atoms with van der Waals surface area (Å²) in [5.74, 6) is 1.42. The number of aromatic nitrogens is 3. The van der Waals surface area contributed by atoms with E-state index in [9.17, 15) is 9.59 Å². The van der Waals surface area contributed by atoms with E-state index in [0.29, 0.717) is 55.8 Å². The van der Waals surface area contributed by atoms with Gasteiger partial charge in [0.1, 0.15) is 4.53 Å². The van der Waals surface area contributed by atoms with Crippen LogP contribution in [0.3, 0.4) is 0 Å². The van der Waals surface area contributed by atoms with Crippen molar-refractivity contribution in [3.63, 3.8) is 0 Å². The summed E-state index contributed by atoms with van der Waals surface area (Å²) in [6.07, 6.45) is 1.65. The zero-order valence-electron chi connectivity index (χ0n) is 18.7. The van der Waals surface area contributed by atoms with Crippen LogP contribution in [0.1, 0.15) is 5.56 Å². The zero-order chi connectivity index (χ0) is 24.0. The molecule has 34 heavy (non-hydrogen) atoms. The van der Waals surface area contributed by atoms with Crippen LogP contribution in [0.25, 0.3) is 21.9 Å². The Hall–Kier alpha value is -4.18. The molecule has 4 aromatic rings. The molecule has 1 amide bonds. The van der Waals surface area contributed by atoms with Crippen LogP contribution < -0.4 is 29.2 Å². The highest BCUT2D eigenvalue weighted by atomic mass is 32.1. The summed E-state index contributed by atoms with van der Waals surface area (Å²) in [6, 6.07) is 10.8. The molecule has 5 rings (SSSR count). The third-order valence-electron chi connectivity index (χ3n) is 5.54. The molecular formula is C24H20N4O5S. The number of nitrogens with zero attached hydrogens (tertiary/aromatic N) is 4. The number of fused-ring (bicyclic) bond motifs is 2. The molecule has 0 saturated carbocycles. The van der Waals surface area contributed by atoms with Gasteiger partial charge in [0, 0.05) is 17.7 Å². The maximum Gasteiger partial charge on any atom is 0.291 e. The summed E-state index contributed by atoms with van der Waals surface area (Å²) in [4.78, 5) is 33.1. The molecule has 0 bridgehead atoms. The molecule has 1 aliphatic rings. The number of para-hydroxylation sites is 1. The van der Waals surface area contributed by atoms with Gasteiger partial charge < -0.3 is 19.1 Å². The number of rotatable bonds is 6. The number of hydrogen-bond donors (Lipinski definition) is 0. The molecule has 0 N–H and O–H groups in total. The largest absolute Gasteiger partial charge is 0.493 e. The fourth-order valence-electron chi connectivity index (χ4n) is 4.03. The summed E-state index contributed by atoms with van der Waals surface area (Å²) in [5.41, 5.74) is 2.01. The van der Waals surface area contributed by atoms with E-state index in [-0.39, 0.29) is 5.91 Å². The third kappa shape index (κ3) is 3.14. The average Bonchev–Trinajstić information content (AvgIpc) is 3.49. The molecule has 0 aliphatic carbocycles. The summed E-state index contributed by atoms with van der Waals surface area (Å²) in [6.45, 7) is 4.08. The van der Waals surface area contributed by atoms with Crippen LogP contribution in [0.4, 0.5) is 5.69 Å². The Morgan fingerprint density at radius 3 is 2.38 bits per heavy atom. The average molecular weight is 477 g/mol. The van der Waals surface area contributed by atoms with Crippen LogP contribution in [0.2, 0.25) is 0 Å². The second kappa shape index (κ2) is 8.31. The van der Waals surface area contributed by atoms with Crippen molar-refractivity contribution < 1.29 is 19.0 Å². The van der Waals surface area contributed by atoms with E-state index in [4.69, 9.17) is 14.2 Å². The van der Waals surface area contributed by atoms with E-state index in [1.54, 1.807) is 23.1 Å². The first-order valence-corrected chi connectivity index (χ1v) is 11.1. The third-order valence-corrected chi connectivity index (χ3v) is 6.57. The van der Waals surface area contributed by atoms with Crippen molar-refractivity contribution >= 4 is 33.5 Å². The predicted molar refractivity (Wildman–Crippen MR) is 129 cm³/mol. The molecule has 2 aromatic carbocycles. The topological polar surface area (TPSA) is 95.3 Å². The predicted octanol–water partition coefficient (Wildman–Crippen LogP) is 2.29. The molecule has 0 radical (unpaired) electrons. The van der Waals surface area contributed by atoms with Crippen LogP contribution in [0, 0.1) is 0 Å². The lowest BCUT2D eigenvalue weighted by atomic mass is 10.1. The summed E-state index contributed by atoms with van der Waals surface area (Å²) in [7, 11) is 4.56. The maximum absolute atomic E-state index is 13.3. The van der Waals surface area contributed by atoms with Crippen molar-refractivity contribution in [2.24, 2.45) is 0 Å². The minimum atomic E-state index is -0.398. The van der Waals surface area contributed by atoms with Crippen LogP contribution in [0.15, 0.2) is 53.8 Å². The second-order valence-electron chi connectivity index (χ2n) is 7.38. The van der Waals surface area contributed by atoms with Gasteiger partial charge in [-0.15, -0.1) is 11.7 Å². The first-order chi connectivity index (χ1) is 16.5. The summed E-state index contributed by atoms with van der Waals surface area (Å²) < 4.78 is 17.7. The van der Waals surface area contributed by atoms with E-state index in [0.717, 1.165) is 17.0 Å². The number of ether oxygens (including phenoxy) is 3. The molecule has 0 saturated heterocycles. The number of thiazole rings is 1. The molecule has 172 valence electrons. The van der Waals surface area contributed by atoms with Gasteiger partial charge in [-0.1, -0.05) is 35.6 Å². The van der Waals surface area contributed by atoms with Gasteiger partial charge >= 0.3 is 0 Å². The first kappa shape index (κ1) is 21.7. The van der Waals surface area contributed by atoms with Gasteiger partial charge in [0.05, 0.1) is 32.6 Å². The van der Waals surface area contributed by atoms with E-state index in [1.165, 1.54) is 25.8 Å². The maximum atomic E-state index is 13.3. The number of hydrogen-bond acceptors (Lipinski definition) is 8. The van der Waals surface area contributed by atoms with Gasteiger partial charge in [0.2, 0.25) is 10.7 Å². The molecule has 1 aliphatic heterocycles. The number of amides is 1. The molecule has 2 aromatic heterocycles. The molecule has 9 nitrogen and oxygen atoms in total. The van der Waals surface area contributed by atoms with Gasteiger partial charge in [-0.05, 0) is 18.2 Å². The van der Waals surface area contributed by atoms with Crippen LogP contribution in [0.5, 0.6) is 17.2 Å². The second-order valence-corrected chi connectivity index (χ2v) is 8.35. The van der Waals surface area contributed by atoms with Gasteiger partial charge in [-0.25, -0.2) is 0 Å². The van der Waals surface area contributed by atoms with Crippen molar-refractivity contribution in [1.29, 1.82) is 0 Å². The highest BCUT2D eigenvalue weighted by molar-refractivity contribution is 7.15. The fourth-order valence-corrected chi connectivity index (χ4v) is 5.03. The number of benzene rings is 2. The minimum absolute atomic E-state index is 0.243. The normalized spacial score (nSPS) is 14.4. The van der Waals surface area contributed by atoms with Gasteiger partial charge in [-0.3, -0.25) is 9.59 Å². The number of carbonyl (C=O) groups excluding carboxylic acids is 1. The van der Waals surface area contributed by atoms with Crippen molar-refractivity contribution in [3.05, 3.63) is 69.5 Å². The highest BCUT2D eigenvalue weighted by Gasteiger charge is 2.33. The molecule has 0 unspecified atom stereocenters. The lowest BCUT2D eigenvalue weighted by Gasteiger charge is -2.13. The Morgan fingerprint density at radius 1 is 1.06 bits per heavy atom. The quantitative estimate of drug-likeness (QED) is 0.394. The SMILES string of the molecule is C=CCN1C(=O)/C(=c2\sc3nc(-c4cc(OC)c(OC)c(OC)c4)nn3c2=O)c2ccccc21. The zero-order valence-corrected chi connectivity index (χ0v) is 19.5. The molecule has 0 spiro atoms. The van der Waals surface area contributed by atoms with E-state index in [1.807, 2.05) is 24.3 Å². The van der Waals surface area contributed by atoms with Crippen LogP contribution in [-0.2, 0) is 4.79 Å². The lowest BCUT2D eigenvalue weighted by molar-refractivity contribution is -0.112.